The van der Waals surface area contributed by atoms with Gasteiger partial charge in [-0.2, -0.15) is 0 Å². The number of hydrogen-bond donors (Lipinski definition) is 3. The Bertz CT molecular complexity index is 1150. The van der Waals surface area contributed by atoms with Crippen LogP contribution in [0.1, 0.15) is 32.9 Å². The first-order chi connectivity index (χ1) is 15.4. The minimum absolute atomic E-state index is 0.0279. The number of carbonyl (C=O) groups excluding carboxylic acids is 2. The molecule has 4 rings (SSSR count). The lowest BCUT2D eigenvalue weighted by atomic mass is 10.0. The second-order valence-corrected chi connectivity index (χ2v) is 7.95. The summed E-state index contributed by atoms with van der Waals surface area (Å²) in [5.74, 6) is -0.280. The zero-order chi connectivity index (χ0) is 22.8. The number of rotatable bonds is 5. The van der Waals surface area contributed by atoms with E-state index in [1.54, 1.807) is 24.3 Å². The molecule has 2 aromatic rings. The Morgan fingerprint density at radius 2 is 2.03 bits per heavy atom. The Balaban J connectivity index is 1.60. The van der Waals surface area contributed by atoms with Gasteiger partial charge in [-0.25, -0.2) is 0 Å². The molecule has 0 saturated carbocycles. The molecule has 1 aromatic carbocycles. The summed E-state index contributed by atoms with van der Waals surface area (Å²) >= 11 is 0. The lowest BCUT2D eigenvalue weighted by molar-refractivity contribution is -0.110. The van der Waals surface area contributed by atoms with Gasteiger partial charge in [0, 0.05) is 66.0 Å². The molecule has 32 heavy (non-hydrogen) atoms. The molecule has 10 heteroatoms. The number of β-amino-alcohol motifs (C(OH)–C–C–N with tert-alkyl or cyclic N) is 1. The van der Waals surface area contributed by atoms with Gasteiger partial charge in [0.15, 0.2) is 0 Å². The van der Waals surface area contributed by atoms with Crippen LogP contribution in [0.4, 0.5) is 11.4 Å². The molecule has 1 saturated heterocycles. The summed E-state index contributed by atoms with van der Waals surface area (Å²) in [4.78, 5) is 35.8. The highest BCUT2D eigenvalue weighted by Gasteiger charge is 2.28. The summed E-state index contributed by atoms with van der Waals surface area (Å²) < 4.78 is 0. The van der Waals surface area contributed by atoms with Crippen molar-refractivity contribution in [2.45, 2.75) is 13.8 Å². The van der Waals surface area contributed by atoms with Gasteiger partial charge in [0.2, 0.25) is 0 Å². The number of amides is 2. The predicted octanol–water partition coefficient (Wildman–Crippen LogP) is 2.82. The predicted molar refractivity (Wildman–Crippen MR) is 121 cm³/mol. The van der Waals surface area contributed by atoms with Crippen LogP contribution in [-0.4, -0.2) is 71.0 Å². The van der Waals surface area contributed by atoms with E-state index in [1.807, 2.05) is 18.7 Å². The van der Waals surface area contributed by atoms with Gasteiger partial charge in [-0.15, -0.1) is 0 Å². The van der Waals surface area contributed by atoms with E-state index in [1.165, 1.54) is 0 Å². The van der Waals surface area contributed by atoms with Gasteiger partial charge in [-0.05, 0) is 37.1 Å². The Kier molecular flexibility index (Phi) is 6.00. The van der Waals surface area contributed by atoms with Crippen molar-refractivity contribution in [1.82, 2.24) is 14.8 Å². The number of aryl methyl sites for hydroxylation is 1. The number of aliphatic hydroxyl groups excluding tert-OH is 1. The lowest BCUT2D eigenvalue weighted by Crippen LogP contribution is -2.49. The largest absolute Gasteiger partial charge is 0.395 e. The molecule has 1 aromatic heterocycles. The van der Waals surface area contributed by atoms with Crippen LogP contribution in [-0.2, 0) is 4.79 Å². The van der Waals surface area contributed by atoms with E-state index in [-0.39, 0.29) is 18.4 Å². The SMILES string of the molecule is Cc1[nH]c(/C=C2\C(=O)Nc3cc(N=[N+]=[N-])ccc32)c(C)c1C(=O)N1CCN(CCO)CC1. The van der Waals surface area contributed by atoms with Crippen molar-refractivity contribution in [3.05, 3.63) is 56.7 Å². The fourth-order valence-electron chi connectivity index (χ4n) is 4.30. The maximum atomic E-state index is 13.2. The Labute approximate surface area is 185 Å². The number of benzene rings is 1. The molecule has 0 radical (unpaired) electrons. The third kappa shape index (κ3) is 3.99. The molecular weight excluding hydrogens is 410 g/mol. The highest BCUT2D eigenvalue weighted by Crippen LogP contribution is 2.36. The van der Waals surface area contributed by atoms with Gasteiger partial charge < -0.3 is 20.3 Å². The molecule has 0 bridgehead atoms. The zero-order valence-corrected chi connectivity index (χ0v) is 18.1. The third-order valence-corrected chi connectivity index (χ3v) is 6.00. The first kappa shape index (κ1) is 21.6. The average molecular weight is 435 g/mol. The molecule has 0 atom stereocenters. The minimum atomic E-state index is -0.252. The quantitative estimate of drug-likeness (QED) is 0.288. The number of nitrogens with one attached hydrogen (secondary N) is 2. The van der Waals surface area contributed by atoms with Crippen LogP contribution in [0.25, 0.3) is 22.1 Å². The highest BCUT2D eigenvalue weighted by atomic mass is 16.3. The van der Waals surface area contributed by atoms with E-state index in [2.05, 4.69) is 25.2 Å². The number of anilines is 1. The molecule has 0 unspecified atom stereocenters. The van der Waals surface area contributed by atoms with E-state index >= 15 is 0 Å². The first-order valence-electron chi connectivity index (χ1n) is 10.5. The van der Waals surface area contributed by atoms with Gasteiger partial charge in [0.05, 0.1) is 17.7 Å². The number of aromatic amines is 1. The number of nitrogens with zero attached hydrogens (tertiary/aromatic N) is 5. The van der Waals surface area contributed by atoms with Crippen LogP contribution < -0.4 is 5.32 Å². The van der Waals surface area contributed by atoms with Crippen LogP contribution in [0.5, 0.6) is 0 Å². The molecule has 10 nitrogen and oxygen atoms in total. The topological polar surface area (TPSA) is 137 Å². The summed E-state index contributed by atoms with van der Waals surface area (Å²) in [5, 5.41) is 15.5. The van der Waals surface area contributed by atoms with Crippen molar-refractivity contribution >= 4 is 34.8 Å². The van der Waals surface area contributed by atoms with Crippen molar-refractivity contribution in [3.8, 4) is 0 Å². The Hall–Kier alpha value is -3.59. The summed E-state index contributed by atoms with van der Waals surface area (Å²) in [6, 6.07) is 5.03. The lowest BCUT2D eigenvalue weighted by Gasteiger charge is -2.34. The van der Waals surface area contributed by atoms with Crippen molar-refractivity contribution < 1.29 is 14.7 Å². The van der Waals surface area contributed by atoms with Crippen molar-refractivity contribution in [2.24, 2.45) is 5.11 Å². The third-order valence-electron chi connectivity index (χ3n) is 6.00. The first-order valence-corrected chi connectivity index (χ1v) is 10.5. The molecule has 2 aliphatic rings. The molecule has 1 fully saturated rings. The van der Waals surface area contributed by atoms with Gasteiger partial charge in [-0.3, -0.25) is 14.5 Å². The van der Waals surface area contributed by atoms with Crippen molar-refractivity contribution in [1.29, 1.82) is 0 Å². The number of H-pyrrole nitrogens is 1. The van der Waals surface area contributed by atoms with E-state index < -0.39 is 0 Å². The van der Waals surface area contributed by atoms with Crippen molar-refractivity contribution in [3.63, 3.8) is 0 Å². The smallest absolute Gasteiger partial charge is 0.256 e. The maximum Gasteiger partial charge on any atom is 0.256 e. The van der Waals surface area contributed by atoms with Crippen LogP contribution >= 0.6 is 0 Å². The second kappa shape index (κ2) is 8.88. The van der Waals surface area contributed by atoms with Crippen LogP contribution in [0.3, 0.4) is 0 Å². The molecule has 3 heterocycles. The van der Waals surface area contributed by atoms with Gasteiger partial charge in [0.25, 0.3) is 11.8 Å². The number of fused-ring (bicyclic) bond motifs is 1. The number of carbonyl (C=O) groups is 2. The number of piperazine rings is 1. The molecule has 166 valence electrons. The average Bonchev–Trinajstić information content (AvgIpc) is 3.23. The standard InChI is InChI=1S/C22H25N7O3/c1-13-18(12-17-16-4-3-15(26-27-23)11-19(16)25-21(17)31)24-14(2)20(13)22(32)29-7-5-28(6-8-29)9-10-30/h3-4,11-12,24,30H,5-10H2,1-2H3,(H,25,31)/b17-12-. The van der Waals surface area contributed by atoms with Gasteiger partial charge in [0.1, 0.15) is 0 Å². The molecule has 0 aliphatic carbocycles. The minimum Gasteiger partial charge on any atom is -0.395 e. The summed E-state index contributed by atoms with van der Waals surface area (Å²) in [7, 11) is 0. The molecular formula is C22H25N7O3. The molecule has 3 N–H and O–H groups in total. The summed E-state index contributed by atoms with van der Waals surface area (Å²) in [5.41, 5.74) is 13.7. The molecule has 2 aliphatic heterocycles. The van der Waals surface area contributed by atoms with Gasteiger partial charge >= 0.3 is 0 Å². The van der Waals surface area contributed by atoms with Gasteiger partial charge in [-0.1, -0.05) is 17.2 Å². The van der Waals surface area contributed by atoms with Crippen LogP contribution in [0, 0.1) is 13.8 Å². The van der Waals surface area contributed by atoms with Crippen molar-refractivity contribution in [2.75, 3.05) is 44.6 Å². The molecule has 2 amide bonds. The van der Waals surface area contributed by atoms with E-state index in [9.17, 15) is 9.59 Å². The second-order valence-electron chi connectivity index (χ2n) is 7.95. The monoisotopic (exact) mass is 435 g/mol. The zero-order valence-electron chi connectivity index (χ0n) is 18.1. The number of aromatic nitrogens is 1. The maximum absolute atomic E-state index is 13.2. The fourth-order valence-corrected chi connectivity index (χ4v) is 4.30. The number of hydrogen-bond acceptors (Lipinski definition) is 5. The normalized spacial score (nSPS) is 17.3. The summed E-state index contributed by atoms with van der Waals surface area (Å²) in [6.45, 7) is 7.18. The summed E-state index contributed by atoms with van der Waals surface area (Å²) in [6.07, 6.45) is 1.76. The van der Waals surface area contributed by atoms with E-state index in [0.717, 1.165) is 24.3 Å². The van der Waals surface area contributed by atoms with Crippen LogP contribution in [0.2, 0.25) is 0 Å². The van der Waals surface area contributed by atoms with Crippen LogP contribution in [0.15, 0.2) is 23.3 Å². The van der Waals surface area contributed by atoms with E-state index in [4.69, 9.17) is 10.6 Å². The Morgan fingerprint density at radius 1 is 1.28 bits per heavy atom. The highest BCUT2D eigenvalue weighted by molar-refractivity contribution is 6.35. The molecule has 0 spiro atoms. The van der Waals surface area contributed by atoms with E-state index in [0.29, 0.717) is 53.4 Å². The number of azide groups is 1. The number of aliphatic hydroxyl groups is 1. The fraction of sp³-hybridized carbons (Fsp3) is 0.364. The Morgan fingerprint density at radius 3 is 2.72 bits per heavy atom.